The minimum atomic E-state index is 0.0677. The fourth-order valence-corrected chi connectivity index (χ4v) is 8.86. The highest BCUT2D eigenvalue weighted by atomic mass is 14.4. The summed E-state index contributed by atoms with van der Waals surface area (Å²) in [5, 5.41) is 0. The molecular weight excluding hydrogens is 528 g/mol. The van der Waals surface area contributed by atoms with E-state index in [4.69, 9.17) is 0 Å². The summed E-state index contributed by atoms with van der Waals surface area (Å²) in [6.07, 6.45) is 4.58. The SMILES string of the molecule is CC(C)(C)CC(C)(C)c1cc(-c2cc(C(C)(C)CC(C)(C)C)cc(C(C)(C)CC(C)(C)C)c2)cc(C(C)(C)CC(C)(C)C)c1. The van der Waals surface area contributed by atoms with Crippen molar-refractivity contribution in [1.29, 1.82) is 0 Å². The maximum atomic E-state index is 2.55. The minimum absolute atomic E-state index is 0.0677. The largest absolute Gasteiger partial charge is 0.0601 e. The maximum Gasteiger partial charge on any atom is -0.00983 e. The molecule has 2 aromatic rings. The molecule has 0 aliphatic heterocycles. The zero-order chi connectivity index (χ0) is 34.5. The van der Waals surface area contributed by atoms with E-state index in [1.54, 1.807) is 0 Å². The molecule has 0 heterocycles. The molecule has 0 amide bonds. The normalized spacial score (nSPS) is 14.7. The van der Waals surface area contributed by atoms with Crippen molar-refractivity contribution < 1.29 is 0 Å². The third kappa shape index (κ3) is 11.4. The second kappa shape index (κ2) is 12.2. The number of hydrogen-bond donors (Lipinski definition) is 0. The van der Waals surface area contributed by atoms with Gasteiger partial charge in [-0.1, -0.05) is 175 Å². The van der Waals surface area contributed by atoms with Gasteiger partial charge >= 0.3 is 0 Å². The molecule has 0 heteroatoms. The lowest BCUT2D eigenvalue weighted by Crippen LogP contribution is -2.28. The smallest absolute Gasteiger partial charge is 0.00983 e. The Kier molecular flexibility index (Phi) is 10.7. The fraction of sp³-hybridized carbons (Fsp3) is 0.727. The quantitative estimate of drug-likeness (QED) is 0.268. The predicted molar refractivity (Wildman–Crippen MR) is 200 cm³/mol. The van der Waals surface area contributed by atoms with Gasteiger partial charge in [-0.15, -0.1) is 0 Å². The van der Waals surface area contributed by atoms with E-state index < -0.39 is 0 Å². The van der Waals surface area contributed by atoms with E-state index >= 15 is 0 Å². The average molecular weight is 603 g/mol. The molecule has 0 saturated carbocycles. The van der Waals surface area contributed by atoms with Gasteiger partial charge in [-0.2, -0.15) is 0 Å². The Morgan fingerprint density at radius 2 is 0.432 bits per heavy atom. The van der Waals surface area contributed by atoms with Gasteiger partial charge < -0.3 is 0 Å². The van der Waals surface area contributed by atoms with Crippen LogP contribution in [0.2, 0.25) is 0 Å². The summed E-state index contributed by atoms with van der Waals surface area (Å²) in [5.74, 6) is 0. The molecule has 250 valence electrons. The Morgan fingerprint density at radius 1 is 0.273 bits per heavy atom. The van der Waals surface area contributed by atoms with E-state index in [0.717, 1.165) is 25.7 Å². The Morgan fingerprint density at radius 3 is 0.568 bits per heavy atom. The van der Waals surface area contributed by atoms with E-state index in [1.807, 2.05) is 0 Å². The summed E-state index contributed by atoms with van der Waals surface area (Å²) in [5.41, 5.74) is 9.91. The van der Waals surface area contributed by atoms with Crippen LogP contribution in [0.5, 0.6) is 0 Å². The standard InChI is InChI=1S/C44H74/c1-37(2,3)27-41(13,14)33-21-31(22-34(25-33)42(15,16)28-38(4,5)6)32-23-35(43(17,18)29-39(7,8)9)26-36(24-32)44(19,20)30-40(10,11)12/h21-26H,27-30H2,1-20H3. The second-order valence-corrected chi connectivity index (χ2v) is 22.1. The van der Waals surface area contributed by atoms with E-state index in [-0.39, 0.29) is 43.3 Å². The highest BCUT2D eigenvalue weighted by Gasteiger charge is 2.34. The number of rotatable bonds is 9. The zero-order valence-corrected chi connectivity index (χ0v) is 33.3. The molecular formula is C44H74. The van der Waals surface area contributed by atoms with Crippen molar-refractivity contribution in [3.63, 3.8) is 0 Å². The predicted octanol–water partition coefficient (Wildman–Crippen LogP) is 14.2. The van der Waals surface area contributed by atoms with Crippen LogP contribution >= 0.6 is 0 Å². The molecule has 2 aromatic carbocycles. The molecule has 0 nitrogen and oxygen atoms in total. The monoisotopic (exact) mass is 603 g/mol. The van der Waals surface area contributed by atoms with Crippen LogP contribution in [-0.4, -0.2) is 0 Å². The van der Waals surface area contributed by atoms with Crippen molar-refractivity contribution in [2.24, 2.45) is 21.7 Å². The first-order valence-corrected chi connectivity index (χ1v) is 17.5. The van der Waals surface area contributed by atoms with Gasteiger partial charge in [-0.3, -0.25) is 0 Å². The third-order valence-electron chi connectivity index (χ3n) is 9.21. The van der Waals surface area contributed by atoms with Gasteiger partial charge in [0, 0.05) is 0 Å². The zero-order valence-electron chi connectivity index (χ0n) is 33.3. The lowest BCUT2D eigenvalue weighted by Gasteiger charge is -2.38. The summed E-state index contributed by atoms with van der Waals surface area (Å²) < 4.78 is 0. The summed E-state index contributed by atoms with van der Waals surface area (Å²) >= 11 is 0. The van der Waals surface area contributed by atoms with Gasteiger partial charge in [0.15, 0.2) is 0 Å². The van der Waals surface area contributed by atoms with Crippen LogP contribution in [0.4, 0.5) is 0 Å². The third-order valence-corrected chi connectivity index (χ3v) is 9.21. The highest BCUT2D eigenvalue weighted by molar-refractivity contribution is 5.69. The number of hydrogen-bond acceptors (Lipinski definition) is 0. The van der Waals surface area contributed by atoms with Crippen molar-refractivity contribution in [3.05, 3.63) is 58.7 Å². The molecule has 0 bridgehead atoms. The van der Waals surface area contributed by atoms with E-state index in [9.17, 15) is 0 Å². The van der Waals surface area contributed by atoms with Gasteiger partial charge in [0.1, 0.15) is 0 Å². The Bertz CT molecular complexity index is 1070. The first-order valence-electron chi connectivity index (χ1n) is 17.5. The molecule has 0 atom stereocenters. The van der Waals surface area contributed by atoms with Crippen LogP contribution in [0.15, 0.2) is 36.4 Å². The lowest BCUT2D eigenvalue weighted by atomic mass is 9.67. The molecule has 44 heavy (non-hydrogen) atoms. The minimum Gasteiger partial charge on any atom is -0.0601 e. The molecule has 0 aliphatic carbocycles. The van der Waals surface area contributed by atoms with Crippen LogP contribution in [-0.2, 0) is 21.7 Å². The van der Waals surface area contributed by atoms with E-state index in [1.165, 1.54) is 33.4 Å². The van der Waals surface area contributed by atoms with Gasteiger partial charge in [0.25, 0.3) is 0 Å². The number of benzene rings is 2. The van der Waals surface area contributed by atoms with Crippen LogP contribution < -0.4 is 0 Å². The second-order valence-electron chi connectivity index (χ2n) is 22.1. The molecule has 0 saturated heterocycles. The van der Waals surface area contributed by atoms with Crippen LogP contribution in [0.1, 0.15) is 186 Å². The first-order chi connectivity index (χ1) is 19.2. The van der Waals surface area contributed by atoms with Crippen molar-refractivity contribution in [2.45, 2.75) is 186 Å². The van der Waals surface area contributed by atoms with Gasteiger partial charge in [0.2, 0.25) is 0 Å². The molecule has 0 aliphatic rings. The van der Waals surface area contributed by atoms with Crippen LogP contribution in [0.25, 0.3) is 11.1 Å². The molecule has 0 fully saturated rings. The van der Waals surface area contributed by atoms with Crippen molar-refractivity contribution >= 4 is 0 Å². The van der Waals surface area contributed by atoms with Gasteiger partial charge in [0.05, 0.1) is 0 Å². The van der Waals surface area contributed by atoms with Gasteiger partial charge in [-0.05, 0) is 102 Å². The highest BCUT2D eigenvalue weighted by Crippen LogP contribution is 2.46. The summed E-state index contributed by atoms with van der Waals surface area (Å²) in [4.78, 5) is 0. The topological polar surface area (TPSA) is 0 Å². The van der Waals surface area contributed by atoms with Crippen molar-refractivity contribution in [3.8, 4) is 11.1 Å². The lowest BCUT2D eigenvalue weighted by molar-refractivity contribution is 0.277. The van der Waals surface area contributed by atoms with E-state index in [2.05, 4.69) is 175 Å². The Labute approximate surface area is 276 Å². The summed E-state index contributed by atoms with van der Waals surface area (Å²) in [6, 6.07) is 15.3. The molecule has 0 spiro atoms. The first kappa shape index (κ1) is 38.6. The van der Waals surface area contributed by atoms with Crippen molar-refractivity contribution in [1.82, 2.24) is 0 Å². The van der Waals surface area contributed by atoms with E-state index in [0.29, 0.717) is 0 Å². The van der Waals surface area contributed by atoms with Crippen LogP contribution in [0, 0.1) is 21.7 Å². The molecule has 2 rings (SSSR count). The summed E-state index contributed by atoms with van der Waals surface area (Å²) in [6.45, 7) is 48.2. The fourth-order valence-electron chi connectivity index (χ4n) is 8.86. The summed E-state index contributed by atoms with van der Waals surface area (Å²) in [7, 11) is 0. The van der Waals surface area contributed by atoms with Crippen molar-refractivity contribution in [2.75, 3.05) is 0 Å². The van der Waals surface area contributed by atoms with Gasteiger partial charge in [-0.25, -0.2) is 0 Å². The molecule has 0 unspecified atom stereocenters. The van der Waals surface area contributed by atoms with Crippen LogP contribution in [0.3, 0.4) is 0 Å². The average Bonchev–Trinajstić information content (AvgIpc) is 2.72. The molecule has 0 N–H and O–H groups in total. The molecule has 0 radical (unpaired) electrons. The Hall–Kier alpha value is -1.56. The Balaban J connectivity index is 3.00. The molecule has 0 aromatic heterocycles. The maximum absolute atomic E-state index is 2.55.